The lowest BCUT2D eigenvalue weighted by Crippen LogP contribution is -2.40. The number of amides is 1. The molecule has 0 radical (unpaired) electrons. The minimum Gasteiger partial charge on any atom is -0.451 e. The number of halogens is 2. The summed E-state index contributed by atoms with van der Waals surface area (Å²) in [6.07, 6.45) is 0. The van der Waals surface area contributed by atoms with Crippen LogP contribution >= 0.6 is 24.8 Å². The topological polar surface area (TPSA) is 62.7 Å². The minimum atomic E-state index is -0.127. The number of nitrogens with zero attached hydrogens (tertiary/aromatic N) is 2. The molecule has 0 aliphatic carbocycles. The van der Waals surface area contributed by atoms with Gasteiger partial charge < -0.3 is 20.0 Å². The molecule has 0 bridgehead atoms. The van der Waals surface area contributed by atoms with E-state index < -0.39 is 0 Å². The maximum Gasteiger partial charge on any atom is 0.289 e. The average Bonchev–Trinajstić information content (AvgIpc) is 2.84. The number of hydrogen-bond acceptors (Lipinski definition) is 4. The molecule has 1 heterocycles. The molecular formula is C18H29Cl2N3O2. The first-order valence-electron chi connectivity index (χ1n) is 7.86. The third-order valence-corrected chi connectivity index (χ3v) is 3.93. The maximum atomic E-state index is 12.9. The van der Waals surface area contributed by atoms with Crippen molar-refractivity contribution < 1.29 is 9.21 Å². The van der Waals surface area contributed by atoms with Gasteiger partial charge >= 0.3 is 0 Å². The Morgan fingerprint density at radius 3 is 2.32 bits per heavy atom. The summed E-state index contributed by atoms with van der Waals surface area (Å²) in [5, 5.41) is 0.996. The van der Waals surface area contributed by atoms with Crippen molar-refractivity contribution >= 4 is 41.7 Å². The predicted molar refractivity (Wildman–Crippen MR) is 108 cm³/mol. The first-order valence-corrected chi connectivity index (χ1v) is 7.86. The number of fused-ring (bicyclic) bond motifs is 1. The Kier molecular flexibility index (Phi) is 8.95. The fourth-order valence-electron chi connectivity index (χ4n) is 2.70. The molecule has 2 N–H and O–H groups in total. The molecule has 2 aromatic rings. The van der Waals surface area contributed by atoms with Crippen LogP contribution in [0.25, 0.3) is 11.0 Å². The summed E-state index contributed by atoms with van der Waals surface area (Å²) in [6, 6.07) is 7.78. The van der Waals surface area contributed by atoms with Crippen LogP contribution in [0.2, 0.25) is 0 Å². The zero-order valence-electron chi connectivity index (χ0n) is 15.5. The highest BCUT2D eigenvalue weighted by Gasteiger charge is 2.27. The highest BCUT2D eigenvalue weighted by atomic mass is 35.5. The Bertz CT molecular complexity index is 699. The van der Waals surface area contributed by atoms with Crippen LogP contribution in [0.1, 0.15) is 30.0 Å². The van der Waals surface area contributed by atoms with Gasteiger partial charge in [0.15, 0.2) is 5.76 Å². The van der Waals surface area contributed by atoms with E-state index in [-0.39, 0.29) is 36.1 Å². The molecule has 0 fully saturated rings. The number of benzene rings is 1. The van der Waals surface area contributed by atoms with Crippen molar-refractivity contribution in [3.8, 4) is 0 Å². The molecule has 25 heavy (non-hydrogen) atoms. The fourth-order valence-corrected chi connectivity index (χ4v) is 2.70. The SMILES string of the molecule is CN(C)Cc1c(C(=O)N(C)CC(C)(C)CN)oc2ccccc12.Cl.Cl. The maximum absolute atomic E-state index is 12.9. The van der Waals surface area contributed by atoms with Gasteiger partial charge in [-0.05, 0) is 32.1 Å². The molecular weight excluding hydrogens is 361 g/mol. The van der Waals surface area contributed by atoms with Gasteiger partial charge in [0.2, 0.25) is 0 Å². The van der Waals surface area contributed by atoms with Crippen LogP contribution in [-0.2, 0) is 6.54 Å². The molecule has 0 aliphatic rings. The lowest BCUT2D eigenvalue weighted by atomic mass is 9.93. The number of nitrogens with two attached hydrogens (primary N) is 1. The third kappa shape index (κ3) is 5.61. The number of hydrogen-bond donors (Lipinski definition) is 1. The second-order valence-electron chi connectivity index (χ2n) is 7.17. The smallest absolute Gasteiger partial charge is 0.289 e. The van der Waals surface area contributed by atoms with Gasteiger partial charge in [-0.25, -0.2) is 0 Å². The first-order chi connectivity index (χ1) is 10.7. The summed E-state index contributed by atoms with van der Waals surface area (Å²) in [5.74, 6) is 0.329. The van der Waals surface area contributed by atoms with Crippen molar-refractivity contribution in [1.29, 1.82) is 0 Å². The Labute approximate surface area is 162 Å². The van der Waals surface area contributed by atoms with Gasteiger partial charge in [-0.2, -0.15) is 0 Å². The number of carbonyl (C=O) groups is 1. The van der Waals surface area contributed by atoms with E-state index in [2.05, 4.69) is 13.8 Å². The van der Waals surface area contributed by atoms with Crippen molar-refractivity contribution in [2.75, 3.05) is 34.2 Å². The van der Waals surface area contributed by atoms with Gasteiger partial charge in [-0.15, -0.1) is 24.8 Å². The van der Waals surface area contributed by atoms with Crippen molar-refractivity contribution in [3.63, 3.8) is 0 Å². The predicted octanol–water partition coefficient (Wildman–Crippen LogP) is 3.39. The van der Waals surface area contributed by atoms with Gasteiger partial charge in [0.25, 0.3) is 5.91 Å². The molecule has 1 amide bonds. The van der Waals surface area contributed by atoms with Crippen molar-refractivity contribution in [3.05, 3.63) is 35.6 Å². The molecule has 0 saturated carbocycles. The lowest BCUT2D eigenvalue weighted by Gasteiger charge is -2.28. The molecule has 7 heteroatoms. The fraction of sp³-hybridized carbons (Fsp3) is 0.500. The molecule has 0 aliphatic heterocycles. The molecule has 1 aromatic carbocycles. The van der Waals surface area contributed by atoms with Crippen molar-refractivity contribution in [1.82, 2.24) is 9.80 Å². The van der Waals surface area contributed by atoms with Gasteiger partial charge in [0.05, 0.1) is 0 Å². The summed E-state index contributed by atoms with van der Waals surface area (Å²) in [5.41, 5.74) is 7.34. The minimum absolute atomic E-state index is 0. The van der Waals surface area contributed by atoms with E-state index in [1.54, 1.807) is 11.9 Å². The largest absolute Gasteiger partial charge is 0.451 e. The molecule has 5 nitrogen and oxygen atoms in total. The Morgan fingerprint density at radius 1 is 1.16 bits per heavy atom. The van der Waals surface area contributed by atoms with E-state index in [4.69, 9.17) is 10.2 Å². The van der Waals surface area contributed by atoms with E-state index in [0.717, 1.165) is 16.5 Å². The van der Waals surface area contributed by atoms with E-state index in [1.807, 2.05) is 43.3 Å². The third-order valence-electron chi connectivity index (χ3n) is 3.93. The van der Waals surface area contributed by atoms with Gasteiger partial charge in [-0.1, -0.05) is 32.0 Å². The molecule has 1 aromatic heterocycles. The van der Waals surface area contributed by atoms with Crippen LogP contribution in [0.3, 0.4) is 0 Å². The Morgan fingerprint density at radius 2 is 1.76 bits per heavy atom. The van der Waals surface area contributed by atoms with E-state index in [9.17, 15) is 4.79 Å². The Balaban J connectivity index is 0.00000288. The lowest BCUT2D eigenvalue weighted by molar-refractivity contribution is 0.0709. The monoisotopic (exact) mass is 389 g/mol. The average molecular weight is 390 g/mol. The summed E-state index contributed by atoms with van der Waals surface area (Å²) >= 11 is 0. The normalized spacial score (nSPS) is 11.2. The molecule has 2 rings (SSSR count). The zero-order valence-corrected chi connectivity index (χ0v) is 17.2. The van der Waals surface area contributed by atoms with Crippen LogP contribution in [0, 0.1) is 5.41 Å². The quantitative estimate of drug-likeness (QED) is 0.821. The van der Waals surface area contributed by atoms with Gasteiger partial charge in [0, 0.05) is 31.1 Å². The number of rotatable bonds is 6. The second kappa shape index (κ2) is 9.43. The van der Waals surface area contributed by atoms with Crippen molar-refractivity contribution in [2.24, 2.45) is 11.1 Å². The zero-order chi connectivity index (χ0) is 17.2. The molecule has 0 saturated heterocycles. The molecule has 0 unspecified atom stereocenters. The first kappa shape index (κ1) is 23.7. The summed E-state index contributed by atoms with van der Waals surface area (Å²) in [7, 11) is 5.76. The van der Waals surface area contributed by atoms with E-state index in [0.29, 0.717) is 25.4 Å². The summed E-state index contributed by atoms with van der Waals surface area (Å²) in [4.78, 5) is 16.6. The Hall–Kier alpha value is -1.27. The van der Waals surface area contributed by atoms with Crippen LogP contribution < -0.4 is 5.73 Å². The van der Waals surface area contributed by atoms with Crippen LogP contribution in [-0.4, -0.2) is 49.9 Å². The van der Waals surface area contributed by atoms with E-state index >= 15 is 0 Å². The number of para-hydroxylation sites is 1. The second-order valence-corrected chi connectivity index (χ2v) is 7.17. The highest BCUT2D eigenvalue weighted by molar-refractivity contribution is 5.99. The standard InChI is InChI=1S/C18H27N3O2.2ClH/c1-18(2,11-19)12-21(5)17(22)16-14(10-20(3)4)13-8-6-7-9-15(13)23-16;;/h6-9H,10-12,19H2,1-5H3;2*1H. The number of carbonyl (C=O) groups excluding carboxylic acids is 1. The summed E-state index contributed by atoms with van der Waals surface area (Å²) < 4.78 is 5.88. The molecule has 0 atom stereocenters. The molecule has 142 valence electrons. The van der Waals surface area contributed by atoms with Gasteiger partial charge in [-0.3, -0.25) is 4.79 Å². The van der Waals surface area contributed by atoms with E-state index in [1.165, 1.54) is 0 Å². The molecule has 0 spiro atoms. The summed E-state index contributed by atoms with van der Waals surface area (Å²) in [6.45, 7) is 5.87. The van der Waals surface area contributed by atoms with Crippen LogP contribution in [0.4, 0.5) is 0 Å². The van der Waals surface area contributed by atoms with Crippen LogP contribution in [0.15, 0.2) is 28.7 Å². The number of furan rings is 1. The van der Waals surface area contributed by atoms with Crippen LogP contribution in [0.5, 0.6) is 0 Å². The highest BCUT2D eigenvalue weighted by Crippen LogP contribution is 2.28. The van der Waals surface area contributed by atoms with Crippen molar-refractivity contribution in [2.45, 2.75) is 20.4 Å². The van der Waals surface area contributed by atoms with Gasteiger partial charge in [0.1, 0.15) is 5.58 Å².